The normalized spacial score (nSPS) is 20.0. The van der Waals surface area contributed by atoms with Crippen LogP contribution in [0.15, 0.2) is 36.5 Å². The molecule has 5 nitrogen and oxygen atoms in total. The molecule has 0 aliphatic carbocycles. The van der Waals surface area contributed by atoms with E-state index in [4.69, 9.17) is 10.5 Å². The molecule has 1 aromatic carbocycles. The number of anilines is 1. The number of rotatable bonds is 3. The van der Waals surface area contributed by atoms with Crippen LogP contribution in [0, 0.1) is 11.6 Å². The van der Waals surface area contributed by atoms with E-state index in [0.717, 1.165) is 0 Å². The molecule has 4 rings (SSSR count). The van der Waals surface area contributed by atoms with Crippen LogP contribution in [0.5, 0.6) is 0 Å². The van der Waals surface area contributed by atoms with E-state index in [-0.39, 0.29) is 30.0 Å². The summed E-state index contributed by atoms with van der Waals surface area (Å²) < 4.78 is 35.3. The molecule has 28 heavy (non-hydrogen) atoms. The van der Waals surface area contributed by atoms with Crippen LogP contribution < -0.4 is 10.6 Å². The molecule has 2 aromatic heterocycles. The van der Waals surface area contributed by atoms with E-state index in [9.17, 15) is 4.39 Å². The number of hydrogen-bond donors (Lipinski definition) is 1. The standard InChI is InChI=1S/C21H22F2N4O/c1-12-10-27(11-13(2)28-12)20-6-15(22)5-19(26-20)17-4-3-14-9-25-16(8-24)7-18(14)21(17)23/h3-7,9,12-13H,8,10-11,24H2,1-2H3. The van der Waals surface area contributed by atoms with Crippen molar-refractivity contribution in [1.82, 2.24) is 9.97 Å². The van der Waals surface area contributed by atoms with E-state index in [1.165, 1.54) is 12.1 Å². The van der Waals surface area contributed by atoms with Gasteiger partial charge in [0.25, 0.3) is 0 Å². The highest BCUT2D eigenvalue weighted by atomic mass is 19.1. The number of nitrogens with two attached hydrogens (primary N) is 1. The number of pyridine rings is 2. The number of aromatic nitrogens is 2. The molecule has 0 radical (unpaired) electrons. The summed E-state index contributed by atoms with van der Waals surface area (Å²) in [6.45, 7) is 5.36. The topological polar surface area (TPSA) is 64.3 Å². The summed E-state index contributed by atoms with van der Waals surface area (Å²) in [5.74, 6) is -0.431. The fraction of sp³-hybridized carbons (Fsp3) is 0.333. The second-order valence-corrected chi connectivity index (χ2v) is 7.22. The molecule has 1 aliphatic heterocycles. The summed E-state index contributed by atoms with van der Waals surface area (Å²) in [6, 6.07) is 7.62. The third-order valence-electron chi connectivity index (χ3n) is 4.90. The molecule has 3 aromatic rings. The van der Waals surface area contributed by atoms with Gasteiger partial charge in [-0.05, 0) is 26.0 Å². The maximum absolute atomic E-state index is 15.2. The van der Waals surface area contributed by atoms with Gasteiger partial charge in [0.2, 0.25) is 0 Å². The maximum atomic E-state index is 15.2. The molecular weight excluding hydrogens is 362 g/mol. The smallest absolute Gasteiger partial charge is 0.140 e. The monoisotopic (exact) mass is 384 g/mol. The van der Waals surface area contributed by atoms with Gasteiger partial charge in [0, 0.05) is 54.3 Å². The van der Waals surface area contributed by atoms with Crippen LogP contribution in [-0.4, -0.2) is 35.3 Å². The Morgan fingerprint density at radius 3 is 2.61 bits per heavy atom. The molecule has 1 fully saturated rings. The van der Waals surface area contributed by atoms with Crippen LogP contribution in [0.1, 0.15) is 19.5 Å². The Morgan fingerprint density at radius 2 is 1.89 bits per heavy atom. The second kappa shape index (κ2) is 7.41. The lowest BCUT2D eigenvalue weighted by Crippen LogP contribution is -2.45. The van der Waals surface area contributed by atoms with Gasteiger partial charge in [0.1, 0.15) is 17.5 Å². The Balaban J connectivity index is 1.79. The predicted molar refractivity (Wildman–Crippen MR) is 105 cm³/mol. The van der Waals surface area contributed by atoms with Crippen LogP contribution in [0.3, 0.4) is 0 Å². The molecule has 1 aliphatic rings. The molecule has 1 saturated heterocycles. The Labute approximate surface area is 162 Å². The van der Waals surface area contributed by atoms with Crippen molar-refractivity contribution >= 4 is 16.6 Å². The average Bonchev–Trinajstić information content (AvgIpc) is 2.67. The van der Waals surface area contributed by atoms with Gasteiger partial charge in [-0.2, -0.15) is 0 Å². The van der Waals surface area contributed by atoms with Gasteiger partial charge in [-0.1, -0.05) is 6.07 Å². The molecule has 0 bridgehead atoms. The van der Waals surface area contributed by atoms with Crippen LogP contribution >= 0.6 is 0 Å². The highest BCUT2D eigenvalue weighted by Gasteiger charge is 2.24. The summed E-state index contributed by atoms with van der Waals surface area (Å²) in [7, 11) is 0. The number of hydrogen-bond acceptors (Lipinski definition) is 5. The van der Waals surface area contributed by atoms with Gasteiger partial charge in [0.15, 0.2) is 0 Å². The molecule has 3 heterocycles. The minimum atomic E-state index is -0.456. The van der Waals surface area contributed by atoms with Crippen molar-refractivity contribution < 1.29 is 13.5 Å². The van der Waals surface area contributed by atoms with Gasteiger partial charge in [-0.25, -0.2) is 13.8 Å². The summed E-state index contributed by atoms with van der Waals surface area (Å²) in [4.78, 5) is 10.7. The minimum Gasteiger partial charge on any atom is -0.372 e. The first-order chi connectivity index (χ1) is 13.4. The Kier molecular flexibility index (Phi) is 4.95. The molecule has 7 heteroatoms. The van der Waals surface area contributed by atoms with Gasteiger partial charge in [-0.3, -0.25) is 4.98 Å². The molecule has 0 spiro atoms. The number of morpholine rings is 1. The van der Waals surface area contributed by atoms with E-state index >= 15 is 4.39 Å². The molecule has 146 valence electrons. The lowest BCUT2D eigenvalue weighted by atomic mass is 10.0. The largest absolute Gasteiger partial charge is 0.372 e. The lowest BCUT2D eigenvalue weighted by Gasteiger charge is -2.36. The van der Waals surface area contributed by atoms with Gasteiger partial charge < -0.3 is 15.4 Å². The Morgan fingerprint density at radius 1 is 1.14 bits per heavy atom. The quantitative estimate of drug-likeness (QED) is 0.747. The van der Waals surface area contributed by atoms with Gasteiger partial charge in [-0.15, -0.1) is 0 Å². The molecule has 0 amide bonds. The van der Waals surface area contributed by atoms with Crippen molar-refractivity contribution in [3.05, 3.63) is 53.9 Å². The van der Waals surface area contributed by atoms with Crippen molar-refractivity contribution in [1.29, 1.82) is 0 Å². The highest BCUT2D eigenvalue weighted by Crippen LogP contribution is 2.30. The fourth-order valence-corrected chi connectivity index (χ4v) is 3.68. The SMILES string of the molecule is CC1CN(c2cc(F)cc(-c3ccc4cnc(CN)cc4c3F)n2)CC(C)O1. The maximum Gasteiger partial charge on any atom is 0.140 e. The molecular formula is C21H22F2N4O. The highest BCUT2D eigenvalue weighted by molar-refractivity contribution is 5.87. The van der Waals surface area contributed by atoms with Crippen molar-refractivity contribution in [3.8, 4) is 11.3 Å². The van der Waals surface area contributed by atoms with Crippen molar-refractivity contribution in [2.75, 3.05) is 18.0 Å². The first kappa shape index (κ1) is 18.7. The number of ether oxygens (including phenoxy) is 1. The third-order valence-corrected chi connectivity index (χ3v) is 4.90. The van der Waals surface area contributed by atoms with E-state index in [1.807, 2.05) is 18.7 Å². The van der Waals surface area contributed by atoms with E-state index in [0.29, 0.717) is 35.4 Å². The number of fused-ring (bicyclic) bond motifs is 1. The summed E-state index contributed by atoms with van der Waals surface area (Å²) in [6.07, 6.45) is 1.61. The van der Waals surface area contributed by atoms with Crippen molar-refractivity contribution in [2.45, 2.75) is 32.6 Å². The van der Waals surface area contributed by atoms with E-state index in [1.54, 1.807) is 24.4 Å². The first-order valence-corrected chi connectivity index (χ1v) is 9.30. The predicted octanol–water partition coefficient (Wildman–Crippen LogP) is 3.65. The van der Waals surface area contributed by atoms with Crippen molar-refractivity contribution in [3.63, 3.8) is 0 Å². The number of benzene rings is 1. The summed E-state index contributed by atoms with van der Waals surface area (Å²) in [5, 5.41) is 1.06. The second-order valence-electron chi connectivity index (χ2n) is 7.22. The van der Waals surface area contributed by atoms with E-state index < -0.39 is 11.6 Å². The summed E-state index contributed by atoms with van der Waals surface area (Å²) >= 11 is 0. The summed E-state index contributed by atoms with van der Waals surface area (Å²) in [5.41, 5.74) is 6.72. The van der Waals surface area contributed by atoms with Gasteiger partial charge >= 0.3 is 0 Å². The number of nitrogens with zero attached hydrogens (tertiary/aromatic N) is 3. The molecule has 2 atom stereocenters. The lowest BCUT2D eigenvalue weighted by molar-refractivity contribution is -0.00547. The molecule has 2 unspecified atom stereocenters. The zero-order chi connectivity index (χ0) is 19.8. The average molecular weight is 384 g/mol. The Bertz CT molecular complexity index is 1020. The minimum absolute atomic E-state index is 0.0110. The van der Waals surface area contributed by atoms with E-state index in [2.05, 4.69) is 9.97 Å². The van der Waals surface area contributed by atoms with Crippen LogP contribution in [0.4, 0.5) is 14.6 Å². The first-order valence-electron chi connectivity index (χ1n) is 9.30. The molecule has 0 saturated carbocycles. The third kappa shape index (κ3) is 3.55. The zero-order valence-corrected chi connectivity index (χ0v) is 15.8. The number of halogens is 2. The van der Waals surface area contributed by atoms with Crippen molar-refractivity contribution in [2.24, 2.45) is 5.73 Å². The van der Waals surface area contributed by atoms with Crippen LogP contribution in [0.25, 0.3) is 22.0 Å². The zero-order valence-electron chi connectivity index (χ0n) is 15.8. The van der Waals surface area contributed by atoms with Gasteiger partial charge in [0.05, 0.1) is 23.6 Å². The Hall–Kier alpha value is -2.64. The van der Waals surface area contributed by atoms with Crippen LogP contribution in [0.2, 0.25) is 0 Å². The fourth-order valence-electron chi connectivity index (χ4n) is 3.68. The van der Waals surface area contributed by atoms with Crippen LogP contribution in [-0.2, 0) is 11.3 Å². The molecule has 2 N–H and O–H groups in total.